The summed E-state index contributed by atoms with van der Waals surface area (Å²) in [5.74, 6) is -0.575. The summed E-state index contributed by atoms with van der Waals surface area (Å²) in [6, 6.07) is 21.8. The molecule has 0 radical (unpaired) electrons. The summed E-state index contributed by atoms with van der Waals surface area (Å²) in [6.07, 6.45) is 9.67. The molecule has 9 rings (SSSR count). The molecule has 2 saturated heterocycles. The van der Waals surface area contributed by atoms with Crippen LogP contribution in [0.2, 0.25) is 0 Å². The highest BCUT2D eigenvalue weighted by molar-refractivity contribution is 7.13. The number of hydrogen-bond donors (Lipinski definition) is 6. The van der Waals surface area contributed by atoms with E-state index in [-0.39, 0.29) is 61.7 Å². The molecule has 20 nitrogen and oxygen atoms in total. The number of allylic oxidation sites excluding steroid dienone is 1. The van der Waals surface area contributed by atoms with Crippen molar-refractivity contribution in [1.29, 1.82) is 5.26 Å². The molecule has 0 bridgehead atoms. The van der Waals surface area contributed by atoms with Crippen LogP contribution >= 0.6 is 11.3 Å². The first kappa shape index (κ1) is 59.4. The number of fused-ring (bicyclic) bond motifs is 1. The van der Waals surface area contributed by atoms with E-state index in [1.165, 1.54) is 4.90 Å². The van der Waals surface area contributed by atoms with Gasteiger partial charge in [-0.15, -0.1) is 11.3 Å². The zero-order valence-corrected chi connectivity index (χ0v) is 49.0. The van der Waals surface area contributed by atoms with Crippen molar-refractivity contribution >= 4 is 74.8 Å². The summed E-state index contributed by atoms with van der Waals surface area (Å²) < 4.78 is 7.98. The van der Waals surface area contributed by atoms with Crippen molar-refractivity contribution in [2.75, 3.05) is 68.5 Å². The normalized spacial score (nSPS) is 17.0. The van der Waals surface area contributed by atoms with Crippen LogP contribution in [0.15, 0.2) is 96.3 Å². The van der Waals surface area contributed by atoms with Crippen LogP contribution in [0.5, 0.6) is 5.75 Å². The number of piperazine rings is 1. The lowest BCUT2D eigenvalue weighted by Gasteiger charge is -2.37. The monoisotopic (exact) mass is 1150 g/mol. The number of nitriles is 1. The highest BCUT2D eigenvalue weighted by Gasteiger charge is 2.44. The predicted molar refractivity (Wildman–Crippen MR) is 322 cm³/mol. The van der Waals surface area contributed by atoms with Gasteiger partial charge in [0.1, 0.15) is 29.5 Å². The molecule has 3 fully saturated rings. The lowest BCUT2D eigenvalue weighted by Crippen LogP contribution is -2.57. The molecule has 3 atom stereocenters. The molecule has 6 N–H and O–H groups in total. The number of rotatable bonds is 23. The summed E-state index contributed by atoms with van der Waals surface area (Å²) in [6.45, 7) is 10.8. The molecule has 6 aromatic rings. The molecule has 3 aliphatic rings. The average Bonchev–Trinajstić information content (AvgIpc) is 4.19. The van der Waals surface area contributed by atoms with Crippen LogP contribution in [0.4, 0.5) is 23.0 Å². The summed E-state index contributed by atoms with van der Waals surface area (Å²) in [5.41, 5.74) is 8.57. The maximum Gasteiger partial charge on any atom is 0.266 e. The highest BCUT2D eigenvalue weighted by atomic mass is 32.1. The molecule has 1 saturated carbocycles. The number of para-hydroxylation sites is 1. The minimum Gasteiger partial charge on any atom is -0.494 e. The summed E-state index contributed by atoms with van der Waals surface area (Å²) in [5, 5.41) is 36.9. The number of benzene rings is 3. The SMILES string of the molecule is COc1cc(N2CCN(CC(=O)NCCCCCCC(=O)N[C@H](C(=O)N3C[C@H](O)C[C@H]3C(=O)NCc3ccc(-c4scnc4C)cc3)C(C)(C)C)CC2)c(NC(=O)/C(C#N)=C/C2CC2)cc1Nc1nccc(-c2cn(C)c3ccccc23)n1. The second-order valence-corrected chi connectivity index (χ2v) is 23.7. The lowest BCUT2D eigenvalue weighted by molar-refractivity contribution is -0.144. The van der Waals surface area contributed by atoms with Crippen molar-refractivity contribution in [2.24, 2.45) is 18.4 Å². The lowest BCUT2D eigenvalue weighted by atomic mass is 9.85. The van der Waals surface area contributed by atoms with Crippen LogP contribution in [0.3, 0.4) is 0 Å². The Morgan fingerprint density at radius 2 is 1.69 bits per heavy atom. The van der Waals surface area contributed by atoms with Crippen LogP contribution in [0.1, 0.15) is 83.4 Å². The molecule has 0 unspecified atom stereocenters. The van der Waals surface area contributed by atoms with Crippen LogP contribution in [0.25, 0.3) is 32.6 Å². The zero-order chi connectivity index (χ0) is 58.8. The number of carbonyl (C=O) groups is 5. The Kier molecular flexibility index (Phi) is 19.2. The molecule has 1 aliphatic carbocycles. The fourth-order valence-corrected chi connectivity index (χ4v) is 11.5. The Morgan fingerprint density at radius 3 is 2.40 bits per heavy atom. The molecule has 5 amide bonds. The molecular weight excluding hydrogens is 1070 g/mol. The second-order valence-electron chi connectivity index (χ2n) is 22.8. The van der Waals surface area contributed by atoms with Crippen LogP contribution in [0, 0.1) is 29.6 Å². The number of ether oxygens (including phenoxy) is 1. The van der Waals surface area contributed by atoms with Gasteiger partial charge in [0.2, 0.25) is 29.6 Å². The maximum absolute atomic E-state index is 14.1. The molecule has 436 valence electrons. The van der Waals surface area contributed by atoms with Crippen molar-refractivity contribution in [1.82, 2.24) is 45.3 Å². The van der Waals surface area contributed by atoms with Gasteiger partial charge in [0, 0.05) is 101 Å². The number of thiazole rings is 1. The Morgan fingerprint density at radius 1 is 0.928 bits per heavy atom. The van der Waals surface area contributed by atoms with E-state index < -0.39 is 35.4 Å². The van der Waals surface area contributed by atoms with Crippen molar-refractivity contribution in [2.45, 2.75) is 104 Å². The maximum atomic E-state index is 14.1. The Balaban J connectivity index is 0.722. The van der Waals surface area contributed by atoms with E-state index in [0.29, 0.717) is 67.9 Å². The van der Waals surface area contributed by atoms with Gasteiger partial charge in [0.15, 0.2) is 0 Å². The van der Waals surface area contributed by atoms with E-state index in [1.54, 1.807) is 36.8 Å². The van der Waals surface area contributed by atoms with E-state index in [4.69, 9.17) is 9.72 Å². The molecule has 0 spiro atoms. The minimum atomic E-state index is -0.912. The first-order valence-electron chi connectivity index (χ1n) is 28.5. The molecular formula is C62H75N13O7S. The van der Waals surface area contributed by atoms with Gasteiger partial charge < -0.3 is 50.8 Å². The number of aliphatic hydroxyl groups excluding tert-OH is 1. The molecule has 5 heterocycles. The summed E-state index contributed by atoms with van der Waals surface area (Å²) in [7, 11) is 3.57. The Bertz CT molecular complexity index is 3390. The number of likely N-dealkylation sites (tertiary alicyclic amines) is 1. The number of amides is 5. The number of unbranched alkanes of at least 4 members (excludes halogenated alkanes) is 3. The van der Waals surface area contributed by atoms with Gasteiger partial charge in [-0.3, -0.25) is 28.9 Å². The molecule has 3 aromatic heterocycles. The number of anilines is 4. The molecule has 21 heteroatoms. The van der Waals surface area contributed by atoms with E-state index in [1.807, 2.05) is 95.0 Å². The average molecular weight is 1150 g/mol. The predicted octanol–water partition coefficient (Wildman–Crippen LogP) is 7.62. The molecule has 83 heavy (non-hydrogen) atoms. The van der Waals surface area contributed by atoms with Gasteiger partial charge in [0.05, 0.1) is 58.6 Å². The van der Waals surface area contributed by atoms with Gasteiger partial charge in [-0.25, -0.2) is 15.0 Å². The Hall–Kier alpha value is -8.19. The summed E-state index contributed by atoms with van der Waals surface area (Å²) in [4.78, 5) is 88.3. The fraction of sp³-hybridized carbons (Fsp3) is 0.435. The van der Waals surface area contributed by atoms with Gasteiger partial charge in [0.25, 0.3) is 5.91 Å². The topological polar surface area (TPSA) is 252 Å². The van der Waals surface area contributed by atoms with E-state index in [0.717, 1.165) is 76.0 Å². The number of β-amino-alcohol motifs (C(OH)–C–C–N with tert-alkyl or cyclic N) is 1. The highest BCUT2D eigenvalue weighted by Crippen LogP contribution is 2.40. The number of aliphatic hydroxyl groups is 1. The van der Waals surface area contributed by atoms with Crippen LogP contribution in [-0.2, 0) is 37.6 Å². The molecule has 3 aromatic carbocycles. The number of nitrogens with zero attached hydrogens (tertiary/aromatic N) is 8. The third-order valence-electron chi connectivity index (χ3n) is 15.5. The van der Waals surface area contributed by atoms with Crippen molar-refractivity contribution in [3.05, 3.63) is 108 Å². The van der Waals surface area contributed by atoms with E-state index in [2.05, 4.69) is 69.1 Å². The number of aryl methyl sites for hydroxylation is 2. The first-order chi connectivity index (χ1) is 40.0. The fourth-order valence-electron chi connectivity index (χ4n) is 10.7. The van der Waals surface area contributed by atoms with E-state index in [9.17, 15) is 34.3 Å². The van der Waals surface area contributed by atoms with Gasteiger partial charge in [-0.1, -0.05) is 82.2 Å². The number of hydrogen-bond acceptors (Lipinski definition) is 15. The van der Waals surface area contributed by atoms with Crippen molar-refractivity contribution in [3.63, 3.8) is 0 Å². The van der Waals surface area contributed by atoms with Gasteiger partial charge in [-0.05, 0) is 73.3 Å². The van der Waals surface area contributed by atoms with Gasteiger partial charge in [-0.2, -0.15) is 5.26 Å². The standard InChI is InChI=1S/C62H75N13O7S/c1-39-56(83-38-67-39)42-20-18-41(19-21-42)34-66-59(80)52-30-44(76)35-75(52)60(81)57(62(2,3)4)71-54(77)15-9-7-8-12-23-64-55(78)37-73-25-27-74(28-26-73)51-32-53(82-6)49(31-48(51)68-58(79)43(33-63)29-40-16-17-40)70-61-65-24-22-47(69-61)46-36-72(5)50-14-11-10-13-45(46)50/h10-11,13-14,18-22,24,29,31-32,36,38,40,44,52,57,76H,7-9,12,15-17,23,25-28,30,34-35,37H2,1-6H3,(H,64,78)(H,66,80)(H,68,79)(H,71,77)(H,65,69,70)/b43-29+/t44-,52+,57-/m1/s1. The first-order valence-corrected chi connectivity index (χ1v) is 29.4. The number of aromatic nitrogens is 4. The smallest absolute Gasteiger partial charge is 0.266 e. The molecule has 2 aliphatic heterocycles. The van der Waals surface area contributed by atoms with Crippen LogP contribution in [-0.4, -0.2) is 135 Å². The zero-order valence-electron chi connectivity index (χ0n) is 48.2. The third-order valence-corrected chi connectivity index (χ3v) is 16.5. The van der Waals surface area contributed by atoms with Crippen LogP contribution < -0.4 is 36.2 Å². The Labute approximate surface area is 488 Å². The number of nitrogens with one attached hydrogen (secondary N) is 5. The van der Waals surface area contributed by atoms with Crippen molar-refractivity contribution in [3.8, 4) is 33.5 Å². The van der Waals surface area contributed by atoms with Crippen molar-refractivity contribution < 1.29 is 33.8 Å². The third kappa shape index (κ3) is 15.1. The van der Waals surface area contributed by atoms with Gasteiger partial charge >= 0.3 is 0 Å². The number of carbonyl (C=O) groups excluding carboxylic acids is 5. The minimum absolute atomic E-state index is 0.00450. The largest absolute Gasteiger partial charge is 0.494 e. The number of methoxy groups -OCH3 is 1. The van der Waals surface area contributed by atoms with E-state index >= 15 is 0 Å². The second kappa shape index (κ2) is 26.8. The quantitative estimate of drug-likeness (QED) is 0.0205. The summed E-state index contributed by atoms with van der Waals surface area (Å²) >= 11 is 1.57.